The highest BCUT2D eigenvalue weighted by atomic mass is 16.5. The summed E-state index contributed by atoms with van der Waals surface area (Å²) in [6, 6.07) is 0. The van der Waals surface area contributed by atoms with Crippen LogP contribution in [0.15, 0.2) is 0 Å². The van der Waals surface area contributed by atoms with E-state index in [0.29, 0.717) is 6.10 Å². The van der Waals surface area contributed by atoms with Crippen LogP contribution in [0.1, 0.15) is 52.4 Å². The molecule has 0 saturated carbocycles. The summed E-state index contributed by atoms with van der Waals surface area (Å²) in [5, 5.41) is 0. The summed E-state index contributed by atoms with van der Waals surface area (Å²) >= 11 is 0. The third kappa shape index (κ3) is 6.16. The molecule has 0 amide bonds. The highest BCUT2D eigenvalue weighted by molar-refractivity contribution is 4.67. The van der Waals surface area contributed by atoms with Gasteiger partial charge >= 0.3 is 0 Å². The van der Waals surface area contributed by atoms with Crippen molar-refractivity contribution in [1.82, 2.24) is 4.90 Å². The lowest BCUT2D eigenvalue weighted by Gasteiger charge is -2.30. The molecule has 2 heteroatoms. The van der Waals surface area contributed by atoms with Gasteiger partial charge in [0.15, 0.2) is 0 Å². The molecule has 2 nitrogen and oxygen atoms in total. The van der Waals surface area contributed by atoms with Crippen molar-refractivity contribution in [3.05, 3.63) is 0 Å². The molecule has 0 aromatic carbocycles. The molecule has 1 aliphatic rings. The van der Waals surface area contributed by atoms with Crippen molar-refractivity contribution >= 4 is 0 Å². The zero-order valence-corrected chi connectivity index (χ0v) is 10.5. The van der Waals surface area contributed by atoms with Crippen LogP contribution in [0.3, 0.4) is 0 Å². The van der Waals surface area contributed by atoms with Crippen LogP contribution in [-0.4, -0.2) is 37.2 Å². The Hall–Kier alpha value is -0.0800. The van der Waals surface area contributed by atoms with E-state index < -0.39 is 0 Å². The summed E-state index contributed by atoms with van der Waals surface area (Å²) in [5.41, 5.74) is 0. The predicted octanol–water partition coefficient (Wildman–Crippen LogP) is 3.07. The zero-order valence-electron chi connectivity index (χ0n) is 10.5. The summed E-state index contributed by atoms with van der Waals surface area (Å²) in [5.74, 6) is 0. The van der Waals surface area contributed by atoms with Gasteiger partial charge in [0.25, 0.3) is 0 Å². The quantitative estimate of drug-likeness (QED) is 0.603. The molecule has 0 spiro atoms. The number of nitrogens with zero attached hydrogens (tertiary/aromatic N) is 1. The predicted molar refractivity (Wildman–Crippen MR) is 65.2 cm³/mol. The van der Waals surface area contributed by atoms with Gasteiger partial charge in [-0.2, -0.15) is 0 Å². The van der Waals surface area contributed by atoms with Gasteiger partial charge in [-0.25, -0.2) is 0 Å². The average molecular weight is 213 g/mol. The molecule has 1 heterocycles. The van der Waals surface area contributed by atoms with Crippen molar-refractivity contribution in [2.24, 2.45) is 0 Å². The number of morpholine rings is 1. The zero-order chi connectivity index (χ0) is 10.9. The first-order valence-corrected chi connectivity index (χ1v) is 6.67. The van der Waals surface area contributed by atoms with E-state index in [-0.39, 0.29) is 0 Å². The molecule has 1 rings (SSSR count). The Bertz CT molecular complexity index is 149. The van der Waals surface area contributed by atoms with Crippen LogP contribution in [0.5, 0.6) is 0 Å². The molecular weight excluding hydrogens is 186 g/mol. The van der Waals surface area contributed by atoms with E-state index in [1.165, 1.54) is 45.1 Å². The second-order valence-electron chi connectivity index (χ2n) is 4.75. The molecule has 0 radical (unpaired) electrons. The van der Waals surface area contributed by atoms with Gasteiger partial charge in [0.1, 0.15) is 0 Å². The van der Waals surface area contributed by atoms with E-state index in [0.717, 1.165) is 19.7 Å². The van der Waals surface area contributed by atoms with Crippen molar-refractivity contribution < 1.29 is 4.74 Å². The molecule has 1 aliphatic heterocycles. The van der Waals surface area contributed by atoms with Gasteiger partial charge in [-0.1, -0.05) is 39.0 Å². The lowest BCUT2D eigenvalue weighted by Crippen LogP contribution is -2.41. The number of ether oxygens (including phenoxy) is 1. The largest absolute Gasteiger partial charge is 0.376 e. The Morgan fingerprint density at radius 2 is 1.87 bits per heavy atom. The third-order valence-corrected chi connectivity index (χ3v) is 3.15. The second kappa shape index (κ2) is 8.12. The average Bonchev–Trinajstić information content (AvgIpc) is 2.23. The smallest absolute Gasteiger partial charge is 0.0674 e. The maximum atomic E-state index is 5.53. The standard InChI is InChI=1S/C13H27NO/c1-3-4-5-6-7-8-9-14-10-11-15-13(2)12-14/h13H,3-12H2,1-2H3/t13-/m0/s1. The molecule has 15 heavy (non-hydrogen) atoms. The summed E-state index contributed by atoms with van der Waals surface area (Å²) in [4.78, 5) is 2.55. The normalized spacial score (nSPS) is 23.2. The minimum atomic E-state index is 0.443. The number of hydrogen-bond donors (Lipinski definition) is 0. The van der Waals surface area contributed by atoms with Crippen LogP contribution < -0.4 is 0 Å². The molecule has 1 atom stereocenters. The number of rotatable bonds is 7. The fourth-order valence-electron chi connectivity index (χ4n) is 2.21. The summed E-state index contributed by atoms with van der Waals surface area (Å²) in [6.07, 6.45) is 8.83. The minimum Gasteiger partial charge on any atom is -0.376 e. The monoisotopic (exact) mass is 213 g/mol. The SMILES string of the molecule is CCCCCCCCN1CCO[C@@H](C)C1. The maximum absolute atomic E-state index is 5.53. The van der Waals surface area contributed by atoms with Crippen molar-refractivity contribution in [3.63, 3.8) is 0 Å². The summed E-state index contributed by atoms with van der Waals surface area (Å²) in [7, 11) is 0. The van der Waals surface area contributed by atoms with E-state index in [4.69, 9.17) is 4.74 Å². The Kier molecular flexibility index (Phi) is 7.03. The van der Waals surface area contributed by atoms with Crippen LogP contribution in [0.2, 0.25) is 0 Å². The van der Waals surface area contributed by atoms with Gasteiger partial charge in [-0.15, -0.1) is 0 Å². The van der Waals surface area contributed by atoms with Crippen LogP contribution in [-0.2, 0) is 4.74 Å². The highest BCUT2D eigenvalue weighted by Gasteiger charge is 2.15. The van der Waals surface area contributed by atoms with E-state index >= 15 is 0 Å². The van der Waals surface area contributed by atoms with Crippen LogP contribution in [0, 0.1) is 0 Å². The molecule has 0 aromatic heterocycles. The molecule has 0 unspecified atom stereocenters. The van der Waals surface area contributed by atoms with E-state index in [2.05, 4.69) is 18.7 Å². The molecule has 0 bridgehead atoms. The highest BCUT2D eigenvalue weighted by Crippen LogP contribution is 2.08. The van der Waals surface area contributed by atoms with Crippen LogP contribution >= 0.6 is 0 Å². The van der Waals surface area contributed by atoms with Gasteiger partial charge in [0.05, 0.1) is 12.7 Å². The minimum absolute atomic E-state index is 0.443. The van der Waals surface area contributed by atoms with Crippen LogP contribution in [0.4, 0.5) is 0 Å². The first-order valence-electron chi connectivity index (χ1n) is 6.67. The fraction of sp³-hybridized carbons (Fsp3) is 1.00. The lowest BCUT2D eigenvalue weighted by atomic mass is 10.1. The van der Waals surface area contributed by atoms with Crippen LogP contribution in [0.25, 0.3) is 0 Å². The van der Waals surface area contributed by atoms with E-state index in [9.17, 15) is 0 Å². The van der Waals surface area contributed by atoms with Gasteiger partial charge < -0.3 is 4.74 Å². The second-order valence-corrected chi connectivity index (χ2v) is 4.75. The fourth-order valence-corrected chi connectivity index (χ4v) is 2.21. The van der Waals surface area contributed by atoms with Gasteiger partial charge in [0, 0.05) is 13.1 Å². The van der Waals surface area contributed by atoms with Gasteiger partial charge in [-0.3, -0.25) is 4.90 Å². The Morgan fingerprint density at radius 1 is 1.13 bits per heavy atom. The molecular formula is C13H27NO. The maximum Gasteiger partial charge on any atom is 0.0674 e. The Balaban J connectivity index is 1.90. The number of hydrogen-bond acceptors (Lipinski definition) is 2. The van der Waals surface area contributed by atoms with E-state index in [1.54, 1.807) is 0 Å². The van der Waals surface area contributed by atoms with Crippen molar-refractivity contribution in [1.29, 1.82) is 0 Å². The first-order chi connectivity index (χ1) is 7.33. The van der Waals surface area contributed by atoms with Crippen molar-refractivity contribution in [3.8, 4) is 0 Å². The number of unbranched alkanes of at least 4 members (excludes halogenated alkanes) is 5. The molecule has 1 saturated heterocycles. The molecule has 0 aromatic rings. The van der Waals surface area contributed by atoms with Gasteiger partial charge in [-0.05, 0) is 19.9 Å². The lowest BCUT2D eigenvalue weighted by molar-refractivity contribution is -0.0186. The molecule has 1 fully saturated rings. The van der Waals surface area contributed by atoms with Crippen molar-refractivity contribution in [2.75, 3.05) is 26.2 Å². The summed E-state index contributed by atoms with van der Waals surface area (Å²) < 4.78 is 5.53. The van der Waals surface area contributed by atoms with E-state index in [1.807, 2.05) is 0 Å². The molecule has 90 valence electrons. The third-order valence-electron chi connectivity index (χ3n) is 3.15. The molecule has 0 aliphatic carbocycles. The molecule has 0 N–H and O–H groups in total. The van der Waals surface area contributed by atoms with Crippen molar-refractivity contribution in [2.45, 2.75) is 58.5 Å². The van der Waals surface area contributed by atoms with Gasteiger partial charge in [0.2, 0.25) is 0 Å². The first kappa shape index (κ1) is 13.0. The summed E-state index contributed by atoms with van der Waals surface area (Å²) in [6.45, 7) is 8.92. The topological polar surface area (TPSA) is 12.5 Å². The Morgan fingerprint density at radius 3 is 2.60 bits per heavy atom. The Labute approximate surface area is 95.0 Å².